The lowest BCUT2D eigenvalue weighted by Crippen LogP contribution is -2.17. The fourth-order valence-corrected chi connectivity index (χ4v) is 2.27. The lowest BCUT2D eigenvalue weighted by molar-refractivity contribution is -0.116. The zero-order valence-corrected chi connectivity index (χ0v) is 10.8. The van der Waals surface area contributed by atoms with Crippen molar-refractivity contribution in [3.8, 4) is 17.0 Å². The molecule has 1 aliphatic rings. The van der Waals surface area contributed by atoms with E-state index in [-0.39, 0.29) is 12.5 Å². The summed E-state index contributed by atoms with van der Waals surface area (Å²) in [5, 5.41) is 11.1. The summed E-state index contributed by atoms with van der Waals surface area (Å²) in [6.07, 6.45) is 0.764. The number of carbonyl (C=O) groups is 1. The fourth-order valence-electron chi connectivity index (χ4n) is 2.27. The zero-order chi connectivity index (χ0) is 13.4. The highest BCUT2D eigenvalue weighted by Crippen LogP contribution is 2.35. The Kier molecular flexibility index (Phi) is 2.70. The van der Waals surface area contributed by atoms with Crippen LogP contribution in [0.4, 0.5) is 5.69 Å². The molecule has 2 aromatic rings. The molecule has 0 unspecified atom stereocenters. The van der Waals surface area contributed by atoms with Gasteiger partial charge in [-0.05, 0) is 24.6 Å². The zero-order valence-electron chi connectivity index (χ0n) is 10.8. The summed E-state index contributed by atoms with van der Waals surface area (Å²) in [5.74, 6) is 0.641. The Bertz CT molecular complexity index is 648. The summed E-state index contributed by atoms with van der Waals surface area (Å²) in [6, 6.07) is 5.56. The smallest absolute Gasteiger partial charge is 0.246 e. The first-order chi connectivity index (χ1) is 9.22. The number of hydrogen-bond acceptors (Lipinski definition) is 4. The molecule has 0 spiro atoms. The third-order valence-electron chi connectivity index (χ3n) is 3.19. The predicted molar refractivity (Wildman–Crippen MR) is 70.0 cm³/mol. The Morgan fingerprint density at radius 3 is 3.05 bits per heavy atom. The number of rotatable bonds is 2. The number of hydrogen-bond donors (Lipinski definition) is 1. The molecule has 98 valence electrons. The Labute approximate surface area is 110 Å². The summed E-state index contributed by atoms with van der Waals surface area (Å²) in [4.78, 5) is 11.8. The van der Waals surface area contributed by atoms with E-state index in [2.05, 4.69) is 15.6 Å². The molecular weight excluding hydrogens is 244 g/mol. The van der Waals surface area contributed by atoms with Crippen molar-refractivity contribution in [3.63, 3.8) is 0 Å². The lowest BCUT2D eigenvalue weighted by Gasteiger charge is -2.09. The van der Waals surface area contributed by atoms with Crippen LogP contribution in [0.15, 0.2) is 18.2 Å². The summed E-state index contributed by atoms with van der Waals surface area (Å²) >= 11 is 0. The maximum absolute atomic E-state index is 11.8. The maximum atomic E-state index is 11.8. The van der Waals surface area contributed by atoms with Gasteiger partial charge in [0.25, 0.3) is 0 Å². The molecule has 1 aromatic carbocycles. The van der Waals surface area contributed by atoms with Gasteiger partial charge in [0.1, 0.15) is 12.3 Å². The van der Waals surface area contributed by atoms with Crippen molar-refractivity contribution in [2.75, 3.05) is 12.4 Å². The van der Waals surface area contributed by atoms with Gasteiger partial charge in [-0.2, -0.15) is 0 Å². The molecule has 1 N–H and O–H groups in total. The lowest BCUT2D eigenvalue weighted by atomic mass is 10.1. The number of fused-ring (bicyclic) bond motifs is 3. The van der Waals surface area contributed by atoms with Crippen molar-refractivity contribution in [1.29, 1.82) is 0 Å². The van der Waals surface area contributed by atoms with Gasteiger partial charge in [-0.15, -0.1) is 5.10 Å². The number of amides is 1. The van der Waals surface area contributed by atoms with Crippen LogP contribution in [0.3, 0.4) is 0 Å². The monoisotopic (exact) mass is 258 g/mol. The van der Waals surface area contributed by atoms with Gasteiger partial charge in [0, 0.05) is 5.56 Å². The SMILES string of the molecule is CCc1nnn2c1-c1cc(OC)ccc1NC(=O)C2. The van der Waals surface area contributed by atoms with Gasteiger partial charge in [-0.3, -0.25) is 4.79 Å². The van der Waals surface area contributed by atoms with Crippen LogP contribution in [0, 0.1) is 0 Å². The second-order valence-corrected chi connectivity index (χ2v) is 4.36. The Hall–Kier alpha value is -2.37. The minimum atomic E-state index is -0.0993. The van der Waals surface area contributed by atoms with Crippen LogP contribution in [0.5, 0.6) is 5.75 Å². The molecule has 6 nitrogen and oxygen atoms in total. The van der Waals surface area contributed by atoms with Crippen molar-refractivity contribution in [3.05, 3.63) is 23.9 Å². The quantitative estimate of drug-likeness (QED) is 0.885. The van der Waals surface area contributed by atoms with Crippen molar-refractivity contribution >= 4 is 11.6 Å². The molecule has 1 aliphatic heterocycles. The average molecular weight is 258 g/mol. The van der Waals surface area contributed by atoms with Crippen LogP contribution >= 0.6 is 0 Å². The van der Waals surface area contributed by atoms with E-state index in [9.17, 15) is 4.79 Å². The highest BCUT2D eigenvalue weighted by atomic mass is 16.5. The minimum Gasteiger partial charge on any atom is -0.497 e. The van der Waals surface area contributed by atoms with E-state index in [1.807, 2.05) is 25.1 Å². The molecule has 1 aromatic heterocycles. The molecule has 3 rings (SSSR count). The van der Waals surface area contributed by atoms with E-state index in [0.29, 0.717) is 0 Å². The highest BCUT2D eigenvalue weighted by Gasteiger charge is 2.23. The second-order valence-electron chi connectivity index (χ2n) is 4.36. The molecule has 19 heavy (non-hydrogen) atoms. The predicted octanol–water partition coefficient (Wildman–Crippen LogP) is 1.47. The van der Waals surface area contributed by atoms with Crippen LogP contribution in [0.25, 0.3) is 11.3 Å². The third-order valence-corrected chi connectivity index (χ3v) is 3.19. The molecule has 1 amide bonds. The standard InChI is InChI=1S/C13H14N4O2/c1-3-10-13-9-6-8(19-2)4-5-11(9)14-12(18)7-17(13)16-15-10/h4-6H,3,7H2,1-2H3,(H,14,18). The summed E-state index contributed by atoms with van der Waals surface area (Å²) < 4.78 is 6.89. The topological polar surface area (TPSA) is 69.0 Å². The number of anilines is 1. The van der Waals surface area contributed by atoms with Crippen LogP contribution < -0.4 is 10.1 Å². The Balaban J connectivity index is 2.27. The van der Waals surface area contributed by atoms with E-state index in [1.54, 1.807) is 11.8 Å². The number of nitrogens with one attached hydrogen (secondary N) is 1. The molecule has 0 bridgehead atoms. The number of aryl methyl sites for hydroxylation is 1. The average Bonchev–Trinajstić information content (AvgIpc) is 2.75. The van der Waals surface area contributed by atoms with Crippen molar-refractivity contribution in [1.82, 2.24) is 15.0 Å². The number of nitrogens with zero attached hydrogens (tertiary/aromatic N) is 3. The first-order valence-corrected chi connectivity index (χ1v) is 6.13. The molecule has 0 saturated carbocycles. The molecule has 6 heteroatoms. The van der Waals surface area contributed by atoms with Crippen molar-refractivity contribution in [2.24, 2.45) is 0 Å². The molecule has 2 heterocycles. The summed E-state index contributed by atoms with van der Waals surface area (Å²) in [7, 11) is 1.62. The largest absolute Gasteiger partial charge is 0.497 e. The van der Waals surface area contributed by atoms with E-state index >= 15 is 0 Å². The van der Waals surface area contributed by atoms with Crippen molar-refractivity contribution < 1.29 is 9.53 Å². The molecule has 0 atom stereocenters. The van der Waals surface area contributed by atoms with Gasteiger partial charge in [-0.25, -0.2) is 4.68 Å². The van der Waals surface area contributed by atoms with Crippen molar-refractivity contribution in [2.45, 2.75) is 19.9 Å². The van der Waals surface area contributed by atoms with Crippen LogP contribution in [0.1, 0.15) is 12.6 Å². The van der Waals surface area contributed by atoms with Gasteiger partial charge in [0.15, 0.2) is 0 Å². The summed E-state index contributed by atoms with van der Waals surface area (Å²) in [5.41, 5.74) is 3.43. The van der Waals surface area contributed by atoms with Gasteiger partial charge >= 0.3 is 0 Å². The molecule has 0 aliphatic carbocycles. The summed E-state index contributed by atoms with van der Waals surface area (Å²) in [6.45, 7) is 2.20. The van der Waals surface area contributed by atoms with Gasteiger partial charge in [0.2, 0.25) is 5.91 Å². The number of ether oxygens (including phenoxy) is 1. The van der Waals surface area contributed by atoms with Crippen LogP contribution in [-0.2, 0) is 17.8 Å². The second kappa shape index (κ2) is 4.38. The number of aromatic nitrogens is 3. The number of methoxy groups -OCH3 is 1. The number of carbonyl (C=O) groups excluding carboxylic acids is 1. The van der Waals surface area contributed by atoms with E-state index in [1.165, 1.54) is 0 Å². The normalized spacial score (nSPS) is 13.3. The molecule has 0 radical (unpaired) electrons. The molecule has 0 saturated heterocycles. The van der Waals surface area contributed by atoms with Gasteiger partial charge in [0.05, 0.1) is 24.2 Å². The highest BCUT2D eigenvalue weighted by molar-refractivity contribution is 5.97. The van der Waals surface area contributed by atoms with Crippen LogP contribution in [-0.4, -0.2) is 28.0 Å². The van der Waals surface area contributed by atoms with E-state index in [0.717, 1.165) is 34.8 Å². The molecular formula is C13H14N4O2. The third kappa shape index (κ3) is 1.85. The van der Waals surface area contributed by atoms with E-state index < -0.39 is 0 Å². The first kappa shape index (κ1) is 11.7. The Morgan fingerprint density at radius 1 is 1.47 bits per heavy atom. The van der Waals surface area contributed by atoms with E-state index in [4.69, 9.17) is 4.74 Å². The van der Waals surface area contributed by atoms with Crippen LogP contribution in [0.2, 0.25) is 0 Å². The minimum absolute atomic E-state index is 0.0993. The Morgan fingerprint density at radius 2 is 2.32 bits per heavy atom. The van der Waals surface area contributed by atoms with Gasteiger partial charge in [-0.1, -0.05) is 12.1 Å². The van der Waals surface area contributed by atoms with Gasteiger partial charge < -0.3 is 10.1 Å². The number of benzene rings is 1. The molecule has 0 fully saturated rings. The maximum Gasteiger partial charge on any atom is 0.246 e. The first-order valence-electron chi connectivity index (χ1n) is 6.13. The fraction of sp³-hybridized carbons (Fsp3) is 0.308.